The zero-order valence-electron chi connectivity index (χ0n) is 14.6. The summed E-state index contributed by atoms with van der Waals surface area (Å²) in [5.74, 6) is -0.887. The first-order chi connectivity index (χ1) is 12.4. The quantitative estimate of drug-likeness (QED) is 0.674. The number of rotatable bonds is 5. The van der Waals surface area contributed by atoms with Gasteiger partial charge in [0.15, 0.2) is 6.61 Å². The summed E-state index contributed by atoms with van der Waals surface area (Å²) >= 11 is 1.52. The maximum atomic E-state index is 12.1. The zero-order chi connectivity index (χ0) is 19.1. The van der Waals surface area contributed by atoms with E-state index in [1.54, 1.807) is 19.1 Å². The van der Waals surface area contributed by atoms with Crippen LogP contribution in [0.15, 0.2) is 23.1 Å². The van der Waals surface area contributed by atoms with Crippen molar-refractivity contribution in [2.75, 3.05) is 17.7 Å². The van der Waals surface area contributed by atoms with Gasteiger partial charge in [-0.1, -0.05) is 6.92 Å². The van der Waals surface area contributed by atoms with E-state index < -0.39 is 24.5 Å². The second-order valence-corrected chi connectivity index (χ2v) is 6.90. The van der Waals surface area contributed by atoms with Gasteiger partial charge < -0.3 is 15.4 Å². The van der Waals surface area contributed by atoms with Crippen molar-refractivity contribution >= 4 is 41.3 Å². The summed E-state index contributed by atoms with van der Waals surface area (Å²) in [6.45, 7) is 3.13. The SMILES string of the molecule is CC[C@H](C)NC(=O)NC(=O)COC(=O)c1ccc2c(c1)NC(=O)CCS2. The van der Waals surface area contributed by atoms with Crippen molar-refractivity contribution in [3.63, 3.8) is 0 Å². The first-order valence-corrected chi connectivity index (χ1v) is 9.21. The lowest BCUT2D eigenvalue weighted by Gasteiger charge is -2.12. The van der Waals surface area contributed by atoms with Crippen molar-refractivity contribution in [3.8, 4) is 0 Å². The molecular formula is C17H21N3O5S. The van der Waals surface area contributed by atoms with Gasteiger partial charge in [-0.15, -0.1) is 11.8 Å². The highest BCUT2D eigenvalue weighted by atomic mass is 32.2. The summed E-state index contributed by atoms with van der Waals surface area (Å²) in [5, 5.41) is 7.39. The summed E-state index contributed by atoms with van der Waals surface area (Å²) in [6.07, 6.45) is 1.13. The molecule has 0 fully saturated rings. The van der Waals surface area contributed by atoms with Crippen molar-refractivity contribution < 1.29 is 23.9 Å². The summed E-state index contributed by atoms with van der Waals surface area (Å²) in [6, 6.07) is 4.10. The molecule has 4 amide bonds. The average Bonchev–Trinajstić information content (AvgIpc) is 2.79. The van der Waals surface area contributed by atoms with Crippen LogP contribution in [-0.2, 0) is 14.3 Å². The van der Waals surface area contributed by atoms with Gasteiger partial charge in [0.05, 0.1) is 11.3 Å². The van der Waals surface area contributed by atoms with E-state index in [1.807, 2.05) is 6.92 Å². The summed E-state index contributed by atoms with van der Waals surface area (Å²) in [7, 11) is 0. The van der Waals surface area contributed by atoms with Crippen molar-refractivity contribution in [3.05, 3.63) is 23.8 Å². The second kappa shape index (κ2) is 9.23. The predicted molar refractivity (Wildman–Crippen MR) is 97.1 cm³/mol. The lowest BCUT2D eigenvalue weighted by molar-refractivity contribution is -0.123. The number of benzene rings is 1. The molecule has 1 aromatic carbocycles. The first kappa shape index (κ1) is 19.8. The molecule has 140 valence electrons. The summed E-state index contributed by atoms with van der Waals surface area (Å²) < 4.78 is 4.92. The van der Waals surface area contributed by atoms with Crippen LogP contribution in [0, 0.1) is 0 Å². The Morgan fingerprint density at radius 3 is 2.85 bits per heavy atom. The maximum absolute atomic E-state index is 12.1. The molecule has 8 nitrogen and oxygen atoms in total. The monoisotopic (exact) mass is 379 g/mol. The molecule has 3 N–H and O–H groups in total. The maximum Gasteiger partial charge on any atom is 0.338 e. The Bertz CT molecular complexity index is 722. The van der Waals surface area contributed by atoms with Crippen molar-refractivity contribution in [1.82, 2.24) is 10.6 Å². The lowest BCUT2D eigenvalue weighted by atomic mass is 10.2. The van der Waals surface area contributed by atoms with E-state index in [0.717, 1.165) is 11.3 Å². The topological polar surface area (TPSA) is 114 Å². The molecule has 2 rings (SSSR count). The van der Waals surface area contributed by atoms with Gasteiger partial charge in [0.1, 0.15) is 0 Å². The highest BCUT2D eigenvalue weighted by Crippen LogP contribution is 2.31. The van der Waals surface area contributed by atoms with Crippen LogP contribution >= 0.6 is 11.8 Å². The normalized spacial score (nSPS) is 14.3. The van der Waals surface area contributed by atoms with Gasteiger partial charge in [-0.2, -0.15) is 0 Å². The lowest BCUT2D eigenvalue weighted by Crippen LogP contribution is -2.44. The fraction of sp³-hybridized carbons (Fsp3) is 0.412. The van der Waals surface area contributed by atoms with Gasteiger partial charge in [0.25, 0.3) is 5.91 Å². The minimum Gasteiger partial charge on any atom is -0.452 e. The number of amides is 4. The van der Waals surface area contributed by atoms with Crippen molar-refractivity contribution in [1.29, 1.82) is 0 Å². The van der Waals surface area contributed by atoms with Gasteiger partial charge in [-0.3, -0.25) is 14.9 Å². The summed E-state index contributed by atoms with van der Waals surface area (Å²) in [5.41, 5.74) is 0.757. The molecular weight excluding hydrogens is 358 g/mol. The molecule has 0 aromatic heterocycles. The molecule has 1 aromatic rings. The van der Waals surface area contributed by atoms with Crippen LogP contribution in [0.4, 0.5) is 10.5 Å². The van der Waals surface area contributed by atoms with E-state index in [0.29, 0.717) is 17.9 Å². The Morgan fingerprint density at radius 1 is 1.35 bits per heavy atom. The van der Waals surface area contributed by atoms with E-state index in [-0.39, 0.29) is 17.5 Å². The Hall–Kier alpha value is -2.55. The number of nitrogens with one attached hydrogen (secondary N) is 3. The van der Waals surface area contributed by atoms with Crippen molar-refractivity contribution in [2.45, 2.75) is 37.6 Å². The number of carbonyl (C=O) groups is 4. The van der Waals surface area contributed by atoms with E-state index in [2.05, 4.69) is 16.0 Å². The van der Waals surface area contributed by atoms with E-state index in [1.165, 1.54) is 17.8 Å². The number of imide groups is 1. The van der Waals surface area contributed by atoms with Crippen LogP contribution in [0.25, 0.3) is 0 Å². The molecule has 1 aliphatic rings. The van der Waals surface area contributed by atoms with Gasteiger partial charge in [0, 0.05) is 23.1 Å². The third-order valence-electron chi connectivity index (χ3n) is 3.65. The van der Waals surface area contributed by atoms with Crippen LogP contribution in [0.3, 0.4) is 0 Å². The molecule has 0 spiro atoms. The van der Waals surface area contributed by atoms with E-state index in [9.17, 15) is 19.2 Å². The third-order valence-corrected chi connectivity index (χ3v) is 4.73. The number of anilines is 1. The Kier molecular flexibility index (Phi) is 7.02. The zero-order valence-corrected chi connectivity index (χ0v) is 15.4. The largest absolute Gasteiger partial charge is 0.452 e. The van der Waals surface area contributed by atoms with Gasteiger partial charge in [-0.05, 0) is 31.5 Å². The van der Waals surface area contributed by atoms with Crippen LogP contribution in [0.1, 0.15) is 37.0 Å². The Balaban J connectivity index is 1.89. The Morgan fingerprint density at radius 2 is 2.12 bits per heavy atom. The molecule has 0 bridgehead atoms. The molecule has 26 heavy (non-hydrogen) atoms. The fourth-order valence-electron chi connectivity index (χ4n) is 2.09. The smallest absolute Gasteiger partial charge is 0.338 e. The third kappa shape index (κ3) is 5.76. The number of ether oxygens (including phenoxy) is 1. The molecule has 0 saturated heterocycles. The minimum atomic E-state index is -0.724. The fourth-order valence-corrected chi connectivity index (χ4v) is 3.02. The van der Waals surface area contributed by atoms with Gasteiger partial charge in [-0.25, -0.2) is 9.59 Å². The molecule has 1 aliphatic heterocycles. The first-order valence-electron chi connectivity index (χ1n) is 8.23. The van der Waals surface area contributed by atoms with Crippen LogP contribution in [-0.4, -0.2) is 42.2 Å². The van der Waals surface area contributed by atoms with Crippen LogP contribution < -0.4 is 16.0 Å². The predicted octanol–water partition coefficient (Wildman–Crippen LogP) is 1.90. The number of urea groups is 1. The van der Waals surface area contributed by atoms with Crippen molar-refractivity contribution in [2.24, 2.45) is 0 Å². The van der Waals surface area contributed by atoms with E-state index in [4.69, 9.17) is 4.74 Å². The van der Waals surface area contributed by atoms with E-state index >= 15 is 0 Å². The van der Waals surface area contributed by atoms with Gasteiger partial charge in [0.2, 0.25) is 5.91 Å². The highest BCUT2D eigenvalue weighted by molar-refractivity contribution is 7.99. The van der Waals surface area contributed by atoms with Crippen LogP contribution in [0.5, 0.6) is 0 Å². The molecule has 0 radical (unpaired) electrons. The molecule has 1 heterocycles. The second-order valence-electron chi connectivity index (χ2n) is 5.76. The molecule has 0 saturated carbocycles. The number of carbonyl (C=O) groups excluding carboxylic acids is 4. The molecule has 0 unspecified atom stereocenters. The van der Waals surface area contributed by atoms with Gasteiger partial charge >= 0.3 is 12.0 Å². The molecule has 9 heteroatoms. The standard InChI is InChI=1S/C17H21N3O5S/c1-3-10(2)18-17(24)20-15(22)9-25-16(23)11-4-5-13-12(8-11)19-14(21)6-7-26-13/h4-5,8,10H,3,6-7,9H2,1-2H3,(H,19,21)(H2,18,20,22,24)/t10-/m0/s1. The number of esters is 1. The number of thioether (sulfide) groups is 1. The summed E-state index contributed by atoms with van der Waals surface area (Å²) in [4.78, 5) is 47.8. The highest BCUT2D eigenvalue weighted by Gasteiger charge is 2.17. The van der Waals surface area contributed by atoms with Crippen LogP contribution in [0.2, 0.25) is 0 Å². The minimum absolute atomic E-state index is 0.0713. The number of hydrogen-bond donors (Lipinski definition) is 3. The average molecular weight is 379 g/mol. The molecule has 1 atom stereocenters. The number of fused-ring (bicyclic) bond motifs is 1. The molecule has 0 aliphatic carbocycles. The number of hydrogen-bond acceptors (Lipinski definition) is 6. The Labute approximate surface area is 155 Å².